The molecule has 2 aromatic rings. The number of hydrogen-bond donors (Lipinski definition) is 1. The lowest BCUT2D eigenvalue weighted by molar-refractivity contribution is 0.102. The Kier molecular flexibility index (Phi) is 4.16. The Bertz CT molecular complexity index is 637. The summed E-state index contributed by atoms with van der Waals surface area (Å²) in [6, 6.07) is 10.5. The molecule has 5 nitrogen and oxygen atoms in total. The Morgan fingerprint density at radius 3 is 2.70 bits per heavy atom. The fourth-order valence-electron chi connectivity index (χ4n) is 1.82. The lowest BCUT2D eigenvalue weighted by atomic mass is 10.1. The van der Waals surface area contributed by atoms with Crippen molar-refractivity contribution in [2.45, 2.75) is 26.3 Å². The summed E-state index contributed by atoms with van der Waals surface area (Å²) in [4.78, 5) is 12.1. The van der Waals surface area contributed by atoms with E-state index >= 15 is 0 Å². The molecule has 0 spiro atoms. The molecule has 0 aliphatic heterocycles. The minimum absolute atomic E-state index is 0.209. The quantitative estimate of drug-likeness (QED) is 0.926. The van der Waals surface area contributed by atoms with Gasteiger partial charge < -0.3 is 5.32 Å². The molecule has 20 heavy (non-hydrogen) atoms. The third-order valence-corrected chi connectivity index (χ3v) is 3.20. The van der Waals surface area contributed by atoms with E-state index in [1.165, 1.54) is 0 Å². The normalized spacial score (nSPS) is 11.7. The predicted octanol–water partition coefficient (Wildman–Crippen LogP) is 2.98. The number of nitriles is 1. The van der Waals surface area contributed by atoms with Crippen molar-refractivity contribution in [1.82, 2.24) is 9.78 Å². The van der Waals surface area contributed by atoms with Crippen molar-refractivity contribution in [1.29, 1.82) is 5.26 Å². The molecule has 0 saturated carbocycles. The van der Waals surface area contributed by atoms with Crippen molar-refractivity contribution in [3.63, 3.8) is 0 Å². The number of carbonyl (C=O) groups is 1. The van der Waals surface area contributed by atoms with Crippen molar-refractivity contribution in [2.75, 3.05) is 5.32 Å². The molecule has 0 fully saturated rings. The van der Waals surface area contributed by atoms with Gasteiger partial charge in [-0.25, -0.2) is 4.68 Å². The van der Waals surface area contributed by atoms with Gasteiger partial charge in [0.05, 0.1) is 23.9 Å². The largest absolute Gasteiger partial charge is 0.307 e. The molecule has 0 aliphatic rings. The van der Waals surface area contributed by atoms with Crippen LogP contribution >= 0.6 is 0 Å². The topological polar surface area (TPSA) is 70.7 Å². The van der Waals surface area contributed by atoms with Gasteiger partial charge in [-0.3, -0.25) is 4.79 Å². The van der Waals surface area contributed by atoms with E-state index in [9.17, 15) is 4.79 Å². The molecule has 1 amide bonds. The summed E-state index contributed by atoms with van der Waals surface area (Å²) in [6.45, 7) is 4.11. The zero-order chi connectivity index (χ0) is 14.5. The van der Waals surface area contributed by atoms with Crippen molar-refractivity contribution >= 4 is 11.7 Å². The van der Waals surface area contributed by atoms with Crippen molar-refractivity contribution in [2.24, 2.45) is 0 Å². The van der Waals surface area contributed by atoms with Gasteiger partial charge in [-0.1, -0.05) is 6.92 Å². The molecule has 1 heterocycles. The Labute approximate surface area is 117 Å². The van der Waals surface area contributed by atoms with Crippen LogP contribution in [0.5, 0.6) is 0 Å². The number of hydrogen-bond acceptors (Lipinski definition) is 3. The van der Waals surface area contributed by atoms with Crippen molar-refractivity contribution in [3.8, 4) is 6.07 Å². The van der Waals surface area contributed by atoms with Crippen LogP contribution in [0.3, 0.4) is 0 Å². The van der Waals surface area contributed by atoms with Gasteiger partial charge >= 0.3 is 0 Å². The van der Waals surface area contributed by atoms with E-state index in [4.69, 9.17) is 5.26 Å². The number of carbonyl (C=O) groups excluding carboxylic acids is 1. The highest BCUT2D eigenvalue weighted by Gasteiger charge is 2.12. The second-order valence-corrected chi connectivity index (χ2v) is 4.56. The van der Waals surface area contributed by atoms with Gasteiger partial charge in [-0.15, -0.1) is 0 Å². The molecular formula is C15H16N4O. The summed E-state index contributed by atoms with van der Waals surface area (Å²) in [5, 5.41) is 15.8. The van der Waals surface area contributed by atoms with Crippen LogP contribution in [-0.4, -0.2) is 15.7 Å². The Morgan fingerprint density at radius 1 is 1.40 bits per heavy atom. The number of aromatic nitrogens is 2. The number of rotatable bonds is 4. The molecule has 102 valence electrons. The first kappa shape index (κ1) is 13.8. The monoisotopic (exact) mass is 268 g/mol. The summed E-state index contributed by atoms with van der Waals surface area (Å²) >= 11 is 0. The minimum Gasteiger partial charge on any atom is -0.307 e. The van der Waals surface area contributed by atoms with Crippen LogP contribution < -0.4 is 5.32 Å². The number of anilines is 1. The second kappa shape index (κ2) is 6.02. The van der Waals surface area contributed by atoms with Gasteiger partial charge in [0.15, 0.2) is 0 Å². The van der Waals surface area contributed by atoms with Crippen molar-refractivity contribution < 1.29 is 4.79 Å². The zero-order valence-electron chi connectivity index (χ0n) is 11.5. The van der Waals surface area contributed by atoms with E-state index in [2.05, 4.69) is 17.3 Å². The van der Waals surface area contributed by atoms with E-state index in [0.717, 1.165) is 6.42 Å². The Hall–Kier alpha value is -2.61. The number of benzene rings is 1. The van der Waals surface area contributed by atoms with E-state index in [1.54, 1.807) is 41.2 Å². The van der Waals surface area contributed by atoms with Crippen LogP contribution in [0.1, 0.15) is 42.2 Å². The smallest absolute Gasteiger partial charge is 0.256 e. The number of nitrogens with zero attached hydrogens (tertiary/aromatic N) is 3. The standard InChI is InChI=1S/C15H16N4O/c1-3-11(2)19-14(8-9-17-19)18-15(20)13-6-4-12(10-16)5-7-13/h4-9,11H,3H2,1-2H3,(H,18,20). The molecule has 1 aromatic heterocycles. The maximum Gasteiger partial charge on any atom is 0.256 e. The average Bonchev–Trinajstić information content (AvgIpc) is 2.94. The molecule has 1 aromatic carbocycles. The molecule has 0 bridgehead atoms. The highest BCUT2D eigenvalue weighted by molar-refractivity contribution is 6.03. The van der Waals surface area contributed by atoms with Gasteiger partial charge in [0.2, 0.25) is 0 Å². The van der Waals surface area contributed by atoms with Gasteiger partial charge in [-0.05, 0) is 37.6 Å². The molecule has 2 rings (SSSR count). The molecule has 0 aliphatic carbocycles. The Balaban J connectivity index is 2.15. The van der Waals surface area contributed by atoms with E-state index in [0.29, 0.717) is 16.9 Å². The fraction of sp³-hybridized carbons (Fsp3) is 0.267. The molecule has 1 atom stereocenters. The van der Waals surface area contributed by atoms with Gasteiger partial charge in [0.25, 0.3) is 5.91 Å². The minimum atomic E-state index is -0.209. The maximum absolute atomic E-state index is 12.1. The predicted molar refractivity (Wildman–Crippen MR) is 76.3 cm³/mol. The molecule has 0 radical (unpaired) electrons. The van der Waals surface area contributed by atoms with Gasteiger partial charge in [0.1, 0.15) is 5.82 Å². The maximum atomic E-state index is 12.1. The van der Waals surface area contributed by atoms with E-state index in [-0.39, 0.29) is 11.9 Å². The van der Waals surface area contributed by atoms with Gasteiger partial charge in [0, 0.05) is 11.6 Å². The number of amides is 1. The SMILES string of the molecule is CCC(C)n1nccc1NC(=O)c1ccc(C#N)cc1. The lowest BCUT2D eigenvalue weighted by Gasteiger charge is -2.14. The van der Waals surface area contributed by atoms with Gasteiger partial charge in [-0.2, -0.15) is 10.4 Å². The molecule has 5 heteroatoms. The summed E-state index contributed by atoms with van der Waals surface area (Å²) < 4.78 is 1.79. The molecule has 1 N–H and O–H groups in total. The first-order valence-electron chi connectivity index (χ1n) is 6.50. The first-order chi connectivity index (χ1) is 9.65. The van der Waals surface area contributed by atoms with Crippen LogP contribution in [-0.2, 0) is 0 Å². The molecule has 0 saturated heterocycles. The van der Waals surface area contributed by atoms with Crippen LogP contribution in [0.15, 0.2) is 36.5 Å². The fourth-order valence-corrected chi connectivity index (χ4v) is 1.82. The first-order valence-corrected chi connectivity index (χ1v) is 6.50. The van der Waals surface area contributed by atoms with E-state index < -0.39 is 0 Å². The highest BCUT2D eigenvalue weighted by atomic mass is 16.1. The average molecular weight is 268 g/mol. The molecular weight excluding hydrogens is 252 g/mol. The lowest BCUT2D eigenvalue weighted by Crippen LogP contribution is -2.17. The highest BCUT2D eigenvalue weighted by Crippen LogP contribution is 2.17. The van der Waals surface area contributed by atoms with Crippen molar-refractivity contribution in [3.05, 3.63) is 47.7 Å². The summed E-state index contributed by atoms with van der Waals surface area (Å²) in [5.41, 5.74) is 1.05. The zero-order valence-corrected chi connectivity index (χ0v) is 11.5. The third-order valence-electron chi connectivity index (χ3n) is 3.20. The third kappa shape index (κ3) is 2.86. The summed E-state index contributed by atoms with van der Waals surface area (Å²) in [6.07, 6.45) is 2.60. The number of nitrogens with one attached hydrogen (secondary N) is 1. The molecule has 1 unspecified atom stereocenters. The van der Waals surface area contributed by atoms with Crippen LogP contribution in [0.25, 0.3) is 0 Å². The van der Waals surface area contributed by atoms with Crippen LogP contribution in [0, 0.1) is 11.3 Å². The van der Waals surface area contributed by atoms with Crippen LogP contribution in [0.4, 0.5) is 5.82 Å². The summed E-state index contributed by atoms with van der Waals surface area (Å²) in [7, 11) is 0. The van der Waals surface area contributed by atoms with Crippen LogP contribution in [0.2, 0.25) is 0 Å². The summed E-state index contributed by atoms with van der Waals surface area (Å²) in [5.74, 6) is 0.466. The Morgan fingerprint density at radius 2 is 2.10 bits per heavy atom. The second-order valence-electron chi connectivity index (χ2n) is 4.56. The van der Waals surface area contributed by atoms with E-state index in [1.807, 2.05) is 13.0 Å².